The molecule has 8 atom stereocenters. The van der Waals surface area contributed by atoms with Crippen LogP contribution < -0.4 is 31.9 Å². The average molecular weight is 1690 g/mol. The minimum Gasteiger partial charge on any atom is -0.351 e. The van der Waals surface area contributed by atoms with Crippen molar-refractivity contribution in [1.29, 1.82) is 0 Å². The zero-order valence-corrected chi connectivity index (χ0v) is 73.6. The van der Waals surface area contributed by atoms with Crippen molar-refractivity contribution in [3.63, 3.8) is 0 Å². The minimum absolute atomic E-state index is 0.0361. The molecule has 0 radical (unpaired) electrons. The molecule has 6 N–H and O–H groups in total. The Bertz CT molecular complexity index is 4800. The number of nitrogens with one attached hydrogen (secondary N) is 6. The molecule has 6 heterocycles. The van der Waals surface area contributed by atoms with E-state index in [9.17, 15) is 28.8 Å². The summed E-state index contributed by atoms with van der Waals surface area (Å²) in [6, 6.07) is 81.9. The van der Waals surface area contributed by atoms with Crippen molar-refractivity contribution in [3.8, 4) is 0 Å². The van der Waals surface area contributed by atoms with Gasteiger partial charge in [-0.05, 0) is 200 Å². The third-order valence-electron chi connectivity index (χ3n) is 25.5. The van der Waals surface area contributed by atoms with Crippen molar-refractivity contribution in [3.05, 3.63) is 311 Å². The SMILES string of the molecule is CC(C)[C@@H](CN1CC[C@@H](CNC(=O)c2ccc3ccccc3c2)N[C@@H](CCN2CCCCC2)C1=O)c1ccccc1.CC(C)[C@H](CN1CC[C@@H](CNC(=O)c2ccc3ccccc3c2)N[C@@H](CCN2CCCCC2)C1=O)c1ccccc1.O=C(/C=C/c1ccc(Cl)cc1)NC[C@@H]1CCN(CC(c2ccccc2)c2ccccc2)C(=O)[C@H](Cc2ccccn2)N1. The number of hydrogen-bond donors (Lipinski definition) is 6. The highest BCUT2D eigenvalue weighted by atomic mass is 35.5. The van der Waals surface area contributed by atoms with Crippen LogP contribution in [0.5, 0.6) is 0 Å². The van der Waals surface area contributed by atoms with E-state index in [1.54, 1.807) is 24.4 Å². The molecule has 5 aliphatic heterocycles. The molecule has 1 aromatic heterocycles. The van der Waals surface area contributed by atoms with Gasteiger partial charge in [0.25, 0.3) is 11.8 Å². The Morgan fingerprint density at radius 1 is 0.419 bits per heavy atom. The van der Waals surface area contributed by atoms with Crippen LogP contribution in [0.25, 0.3) is 27.6 Å². The number of amides is 6. The molecule has 0 spiro atoms. The van der Waals surface area contributed by atoms with Crippen LogP contribution >= 0.6 is 11.6 Å². The van der Waals surface area contributed by atoms with Gasteiger partial charge in [0, 0.05) is 148 Å². The maximum absolute atomic E-state index is 14.0. The van der Waals surface area contributed by atoms with Crippen LogP contribution in [-0.4, -0.2) is 199 Å². The number of rotatable bonds is 30. The molecule has 5 fully saturated rings. The van der Waals surface area contributed by atoms with E-state index in [4.69, 9.17) is 11.6 Å². The first kappa shape index (κ1) is 91.0. The third kappa shape index (κ3) is 26.9. The summed E-state index contributed by atoms with van der Waals surface area (Å²) in [5.74, 6) is 1.58. The van der Waals surface area contributed by atoms with Crippen LogP contribution in [0.2, 0.25) is 5.02 Å². The zero-order valence-electron chi connectivity index (χ0n) is 72.9. The highest BCUT2D eigenvalue weighted by Gasteiger charge is 2.38. The largest absolute Gasteiger partial charge is 0.351 e. The van der Waals surface area contributed by atoms with E-state index < -0.39 is 6.04 Å². The highest BCUT2D eigenvalue weighted by molar-refractivity contribution is 6.30. The first-order valence-electron chi connectivity index (χ1n) is 45.4. The number of benzene rings is 9. The van der Waals surface area contributed by atoms with Gasteiger partial charge in [-0.15, -0.1) is 0 Å². The molecule has 10 aromatic rings. The summed E-state index contributed by atoms with van der Waals surface area (Å²) in [5.41, 5.74) is 8.00. The molecular weight excluding hydrogens is 1560 g/mol. The van der Waals surface area contributed by atoms with Gasteiger partial charge in [-0.25, -0.2) is 0 Å². The molecule has 0 saturated carbocycles. The Balaban J connectivity index is 0.000000160. The number of fused-ring (bicyclic) bond motifs is 2. The Kier molecular flexibility index (Phi) is 34.4. The molecule has 124 heavy (non-hydrogen) atoms. The molecule has 0 unspecified atom stereocenters. The van der Waals surface area contributed by atoms with E-state index >= 15 is 0 Å². The van der Waals surface area contributed by atoms with E-state index in [1.807, 2.05) is 144 Å². The van der Waals surface area contributed by atoms with Crippen molar-refractivity contribution in [2.75, 3.05) is 98.2 Å². The first-order chi connectivity index (χ1) is 60.5. The fourth-order valence-corrected chi connectivity index (χ4v) is 18.3. The summed E-state index contributed by atoms with van der Waals surface area (Å²) >= 11 is 5.96. The molecule has 9 aromatic carbocycles. The molecule has 15 rings (SSSR count). The van der Waals surface area contributed by atoms with Crippen LogP contribution in [0.15, 0.2) is 261 Å². The number of pyridine rings is 1. The van der Waals surface area contributed by atoms with Gasteiger partial charge in [0.05, 0.1) is 18.1 Å². The van der Waals surface area contributed by atoms with Gasteiger partial charge in [-0.1, -0.05) is 252 Å². The maximum atomic E-state index is 14.0. The van der Waals surface area contributed by atoms with Crippen molar-refractivity contribution in [2.45, 2.75) is 159 Å². The fraction of sp³-hybridized carbons (Fsp3) is 0.400. The van der Waals surface area contributed by atoms with E-state index in [2.05, 4.69) is 181 Å². The smallest absolute Gasteiger partial charge is 0.251 e. The van der Waals surface area contributed by atoms with Crippen LogP contribution in [0.3, 0.4) is 0 Å². The van der Waals surface area contributed by atoms with Crippen LogP contribution in [0.4, 0.5) is 0 Å². The fourth-order valence-electron chi connectivity index (χ4n) is 18.1. The first-order valence-corrected chi connectivity index (χ1v) is 45.8. The van der Waals surface area contributed by atoms with Gasteiger partial charge in [0.1, 0.15) is 0 Å². The topological polar surface area (TPSA) is 204 Å². The van der Waals surface area contributed by atoms with Crippen LogP contribution in [0, 0.1) is 11.8 Å². The van der Waals surface area contributed by atoms with Crippen molar-refractivity contribution >= 4 is 74.7 Å². The Labute approximate surface area is 739 Å². The predicted molar refractivity (Wildman–Crippen MR) is 502 cm³/mol. The second-order valence-corrected chi connectivity index (χ2v) is 35.4. The summed E-state index contributed by atoms with van der Waals surface area (Å²) in [6.45, 7) is 20.7. The number of hydrogen-bond acceptors (Lipinski definition) is 12. The summed E-state index contributed by atoms with van der Waals surface area (Å²) in [6.07, 6.45) is 17.0. The minimum atomic E-state index is -0.457. The van der Waals surface area contributed by atoms with Gasteiger partial charge in [0.15, 0.2) is 0 Å². The molecule has 5 saturated heterocycles. The summed E-state index contributed by atoms with van der Waals surface area (Å²) < 4.78 is 0. The van der Waals surface area contributed by atoms with Gasteiger partial charge in [-0.3, -0.25) is 33.8 Å². The number of piperidine rings is 2. The lowest BCUT2D eigenvalue weighted by molar-refractivity contribution is -0.134. The van der Waals surface area contributed by atoms with Gasteiger partial charge >= 0.3 is 0 Å². The standard InChI is InChI=1S/C35H35ClN4O2.2C35H46N4O2/c36-29-17-14-26(15-18-29)16-19-34(41)38-24-31-20-22-40(35(42)33(39-31)23-30-13-7-8-21-37-30)25-32(27-9-3-1-4-10-27)28-11-5-2-6-12-28;2*1-26(2)32(28-12-5-3-6-13-28)25-39-22-17-31(37-33(35(39)41)18-21-38-19-9-4-10-20-38)24-36-34(40)30-16-15-27-11-7-8-14-29(27)23-30/h1-19,21,31-33,39H,20,22-25H2,(H,38,41);2*3,5-8,11-16,23,26,31-33,37H,4,9-10,17-22,24-25H2,1-2H3,(H,36,40)/b19-16+;;/t31-,33-;31-,32+,33-;31-,32-,33-/m000/s1. The quantitative estimate of drug-likeness (QED) is 0.0233. The molecule has 650 valence electrons. The summed E-state index contributed by atoms with van der Waals surface area (Å²) in [5, 5.41) is 25.3. The van der Waals surface area contributed by atoms with Crippen LogP contribution in [-0.2, 0) is 25.6 Å². The number of aromatic nitrogens is 1. The number of nitrogens with zero attached hydrogens (tertiary/aromatic N) is 6. The lowest BCUT2D eigenvalue weighted by Gasteiger charge is -2.32. The molecule has 5 aliphatic rings. The number of carbonyl (C=O) groups excluding carboxylic acids is 6. The maximum Gasteiger partial charge on any atom is 0.251 e. The molecule has 0 bridgehead atoms. The number of carbonyl (C=O) groups is 6. The monoisotopic (exact) mass is 1690 g/mol. The van der Waals surface area contributed by atoms with Crippen molar-refractivity contribution in [2.24, 2.45) is 11.8 Å². The predicted octanol–water partition coefficient (Wildman–Crippen LogP) is 16.4. The normalized spacial score (nSPS) is 19.9. The number of halogens is 1. The Hall–Kier alpha value is -10.7. The lowest BCUT2D eigenvalue weighted by atomic mass is 9.87. The van der Waals surface area contributed by atoms with Gasteiger partial charge < -0.3 is 56.4 Å². The second-order valence-electron chi connectivity index (χ2n) is 34.9. The molecule has 18 nitrogen and oxygen atoms in total. The average Bonchev–Trinajstić information content (AvgIpc) is 1.60. The van der Waals surface area contributed by atoms with E-state index in [1.165, 1.54) is 66.9 Å². The Morgan fingerprint density at radius 2 is 0.806 bits per heavy atom. The van der Waals surface area contributed by atoms with E-state index in [-0.39, 0.29) is 83.4 Å². The van der Waals surface area contributed by atoms with Crippen molar-refractivity contribution < 1.29 is 28.8 Å². The van der Waals surface area contributed by atoms with Crippen molar-refractivity contribution in [1.82, 2.24) is 61.4 Å². The third-order valence-corrected chi connectivity index (χ3v) is 25.7. The molecule has 6 amide bonds. The summed E-state index contributed by atoms with van der Waals surface area (Å²) in [7, 11) is 0. The second kappa shape index (κ2) is 46.9. The molecule has 0 aliphatic carbocycles. The van der Waals surface area contributed by atoms with Crippen LogP contribution in [0.1, 0.15) is 170 Å². The highest BCUT2D eigenvalue weighted by Crippen LogP contribution is 2.32. The molecule has 19 heteroatoms. The van der Waals surface area contributed by atoms with E-state index in [0.717, 1.165) is 111 Å². The molecular formula is C105H127ClN12O6. The Morgan fingerprint density at radius 3 is 1.23 bits per heavy atom. The number of likely N-dealkylation sites (tertiary alicyclic amines) is 2. The van der Waals surface area contributed by atoms with Gasteiger partial charge in [-0.2, -0.15) is 0 Å². The lowest BCUT2D eigenvalue weighted by Crippen LogP contribution is -2.50. The van der Waals surface area contributed by atoms with Gasteiger partial charge in [0.2, 0.25) is 23.6 Å². The zero-order chi connectivity index (χ0) is 86.4. The van der Waals surface area contributed by atoms with E-state index in [0.29, 0.717) is 86.6 Å². The summed E-state index contributed by atoms with van der Waals surface area (Å²) in [4.78, 5) is 96.5.